The highest BCUT2D eigenvalue weighted by Gasteiger charge is 1.79. The first kappa shape index (κ1) is 11.1. The molecule has 1 nitrogen and oxygen atoms in total. The van der Waals surface area contributed by atoms with Crippen LogP contribution in [0.5, 0.6) is 0 Å². The van der Waals surface area contributed by atoms with Gasteiger partial charge in [-0.15, -0.1) is 23.2 Å². The molecule has 0 bridgehead atoms. The molecule has 0 aromatic carbocycles. The molecule has 0 aromatic rings. The third-order valence-electron chi connectivity index (χ3n) is 0.230. The molecule has 0 saturated carbocycles. The third-order valence-corrected chi connectivity index (χ3v) is 0.356. The molecule has 0 aliphatic rings. The Morgan fingerprint density at radius 2 is 1.88 bits per heavy atom. The predicted molar refractivity (Wildman–Crippen MR) is 40.5 cm³/mol. The molecule has 1 unspecified atom stereocenters. The first-order valence-electron chi connectivity index (χ1n) is 2.39. The normalized spacial score (nSPS) is 11.0. The van der Waals surface area contributed by atoms with Gasteiger partial charge in [0, 0.05) is 12.1 Å². The number of alkyl halides is 2. The maximum atomic E-state index is 6.40. The molecule has 1 N–H and O–H groups in total. The zero-order valence-corrected chi connectivity index (χ0v) is 6.63. The van der Waals surface area contributed by atoms with Gasteiger partial charge in [-0.05, 0) is 6.92 Å². The van der Waals surface area contributed by atoms with Gasteiger partial charge in [-0.1, -0.05) is 6.92 Å². The molecule has 0 aliphatic carbocycles. The second-order valence-electron chi connectivity index (χ2n) is 1.11. The highest BCUT2D eigenvalue weighted by molar-refractivity contribution is 6.27. The summed E-state index contributed by atoms with van der Waals surface area (Å²) in [6, 6.07) is 0. The minimum Gasteiger partial charge on any atom is -0.312 e. The minimum absolute atomic E-state index is 0.102. The minimum atomic E-state index is -0.102. The molecule has 0 spiro atoms. The molecular weight excluding hydrogens is 145 g/mol. The van der Waals surface area contributed by atoms with Crippen molar-refractivity contribution in [1.29, 1.82) is 5.41 Å². The molecule has 0 fully saturated rings. The topological polar surface area (TPSA) is 23.9 Å². The van der Waals surface area contributed by atoms with Gasteiger partial charge in [0.15, 0.2) is 0 Å². The van der Waals surface area contributed by atoms with Gasteiger partial charge >= 0.3 is 0 Å². The number of hydrogen-bond donors (Lipinski definition) is 1. The second-order valence-corrected chi connectivity index (χ2v) is 2.33. The van der Waals surface area contributed by atoms with Gasteiger partial charge in [0.2, 0.25) is 0 Å². The van der Waals surface area contributed by atoms with E-state index in [0.29, 0.717) is 0 Å². The second kappa shape index (κ2) is 10.3. The van der Waals surface area contributed by atoms with Crippen molar-refractivity contribution in [3.8, 4) is 0 Å². The molecule has 0 radical (unpaired) electrons. The molecule has 0 aliphatic heterocycles. The molecule has 50 valence electrons. The maximum absolute atomic E-state index is 6.40. The highest BCUT2D eigenvalue weighted by Crippen LogP contribution is 1.83. The van der Waals surface area contributed by atoms with Crippen molar-refractivity contribution in [2.24, 2.45) is 0 Å². The number of halogens is 2. The van der Waals surface area contributed by atoms with Crippen LogP contribution in [0.3, 0.4) is 0 Å². The van der Waals surface area contributed by atoms with Crippen LogP contribution in [-0.2, 0) is 0 Å². The van der Waals surface area contributed by atoms with Crippen molar-refractivity contribution in [3.05, 3.63) is 0 Å². The fourth-order valence-corrected chi connectivity index (χ4v) is 0. The summed E-state index contributed by atoms with van der Waals surface area (Å²) < 4.78 is 0. The summed E-state index contributed by atoms with van der Waals surface area (Å²) in [5.74, 6) is 0.722. The van der Waals surface area contributed by atoms with Gasteiger partial charge in [-0.2, -0.15) is 0 Å². The van der Waals surface area contributed by atoms with Crippen LogP contribution in [0.4, 0.5) is 0 Å². The Labute approximate surface area is 60.5 Å². The van der Waals surface area contributed by atoms with Crippen molar-refractivity contribution in [2.75, 3.05) is 5.88 Å². The standard InChI is InChI=1S/C3H6ClN.C2H5Cl/c1-3(4)2-5;1-2-3/h2-3,5H,1H3;2H2,1H3. The Morgan fingerprint density at radius 1 is 1.75 bits per heavy atom. The van der Waals surface area contributed by atoms with Gasteiger partial charge in [0.25, 0.3) is 0 Å². The van der Waals surface area contributed by atoms with E-state index in [0.717, 1.165) is 5.88 Å². The van der Waals surface area contributed by atoms with Crippen molar-refractivity contribution in [1.82, 2.24) is 0 Å². The Bertz CT molecular complexity index is 45.7. The molecular formula is C5H11Cl2N. The fraction of sp³-hybridized carbons (Fsp3) is 0.800. The lowest BCUT2D eigenvalue weighted by atomic mass is 10.5. The highest BCUT2D eigenvalue weighted by atomic mass is 35.5. The summed E-state index contributed by atoms with van der Waals surface area (Å²) in [6.45, 7) is 3.64. The van der Waals surface area contributed by atoms with Crippen molar-refractivity contribution < 1.29 is 0 Å². The lowest BCUT2D eigenvalue weighted by Crippen LogP contribution is -1.85. The van der Waals surface area contributed by atoms with Crippen LogP contribution in [0.2, 0.25) is 0 Å². The van der Waals surface area contributed by atoms with Crippen LogP contribution in [-0.4, -0.2) is 17.5 Å². The van der Waals surface area contributed by atoms with E-state index in [1.165, 1.54) is 6.21 Å². The molecule has 8 heavy (non-hydrogen) atoms. The summed E-state index contributed by atoms with van der Waals surface area (Å²) in [5.41, 5.74) is 0. The van der Waals surface area contributed by atoms with E-state index < -0.39 is 0 Å². The van der Waals surface area contributed by atoms with Crippen molar-refractivity contribution >= 4 is 29.4 Å². The van der Waals surface area contributed by atoms with E-state index >= 15 is 0 Å². The smallest absolute Gasteiger partial charge is 0.0653 e. The van der Waals surface area contributed by atoms with E-state index in [-0.39, 0.29) is 5.38 Å². The molecule has 0 amide bonds. The summed E-state index contributed by atoms with van der Waals surface area (Å²) in [7, 11) is 0. The van der Waals surface area contributed by atoms with Gasteiger partial charge in [-0.3, -0.25) is 0 Å². The van der Waals surface area contributed by atoms with Gasteiger partial charge in [0.1, 0.15) is 0 Å². The zero-order chi connectivity index (χ0) is 6.99. The van der Waals surface area contributed by atoms with Gasteiger partial charge in [-0.25, -0.2) is 0 Å². The van der Waals surface area contributed by atoms with Crippen LogP contribution in [0.15, 0.2) is 0 Å². The largest absolute Gasteiger partial charge is 0.312 e. The van der Waals surface area contributed by atoms with Crippen LogP contribution < -0.4 is 0 Å². The summed E-state index contributed by atoms with van der Waals surface area (Å²) in [4.78, 5) is 0. The van der Waals surface area contributed by atoms with Gasteiger partial charge < -0.3 is 5.41 Å². The predicted octanol–water partition coefficient (Wildman–Crippen LogP) is 2.51. The lowest BCUT2D eigenvalue weighted by Gasteiger charge is -1.79. The Kier molecular flexibility index (Phi) is 14.3. The van der Waals surface area contributed by atoms with Gasteiger partial charge in [0.05, 0.1) is 5.38 Å². The van der Waals surface area contributed by atoms with E-state index in [1.54, 1.807) is 6.92 Å². The van der Waals surface area contributed by atoms with Crippen LogP contribution >= 0.6 is 23.2 Å². The lowest BCUT2D eigenvalue weighted by molar-refractivity contribution is 1.30. The molecule has 0 aromatic heterocycles. The Hall–Kier alpha value is 0.250. The van der Waals surface area contributed by atoms with Crippen LogP contribution in [0.25, 0.3) is 0 Å². The Balaban J connectivity index is 0. The summed E-state index contributed by atoms with van der Waals surface area (Å²) in [5, 5.41) is 6.30. The third kappa shape index (κ3) is 34.0. The number of rotatable bonds is 1. The average molecular weight is 156 g/mol. The van der Waals surface area contributed by atoms with Crippen LogP contribution in [0, 0.1) is 5.41 Å². The quantitative estimate of drug-likeness (QED) is 0.445. The SMILES string of the molecule is CC(Cl)C=N.CCCl. The molecule has 0 rings (SSSR count). The molecule has 3 heteroatoms. The maximum Gasteiger partial charge on any atom is 0.0653 e. The molecule has 1 atom stereocenters. The fourth-order valence-electron chi connectivity index (χ4n) is 0. The van der Waals surface area contributed by atoms with Crippen LogP contribution in [0.1, 0.15) is 13.8 Å². The number of nitrogens with one attached hydrogen (secondary N) is 1. The van der Waals surface area contributed by atoms with E-state index in [2.05, 4.69) is 0 Å². The first-order valence-corrected chi connectivity index (χ1v) is 3.36. The van der Waals surface area contributed by atoms with E-state index in [4.69, 9.17) is 28.6 Å². The zero-order valence-electron chi connectivity index (χ0n) is 5.12. The van der Waals surface area contributed by atoms with E-state index in [1.807, 2.05) is 6.92 Å². The average Bonchev–Trinajstić information content (AvgIpc) is 1.69. The number of hydrogen-bond acceptors (Lipinski definition) is 1. The summed E-state index contributed by atoms with van der Waals surface area (Å²) in [6.07, 6.45) is 1.18. The van der Waals surface area contributed by atoms with Crippen molar-refractivity contribution in [2.45, 2.75) is 19.2 Å². The first-order chi connectivity index (χ1) is 3.68. The Morgan fingerprint density at radius 3 is 1.88 bits per heavy atom. The summed E-state index contributed by atoms with van der Waals surface area (Å²) >= 11 is 10.2. The molecule has 0 saturated heterocycles. The van der Waals surface area contributed by atoms with E-state index in [9.17, 15) is 0 Å². The molecule has 0 heterocycles. The monoisotopic (exact) mass is 155 g/mol. The van der Waals surface area contributed by atoms with Crippen molar-refractivity contribution in [3.63, 3.8) is 0 Å².